The van der Waals surface area contributed by atoms with Gasteiger partial charge in [0.2, 0.25) is 0 Å². The molecule has 1 unspecified atom stereocenters. The standard InChI is InChI=1S/C23H27NO4/c1-3-21(28-20-13-12-16-8-5-6-9-17(16)15-20)22(25)24-19-11-7-10-18(14-19)23(26)27-4-2/h7,10-15,21H,3-6,8-9H2,1-2H3,(H,24,25). The molecule has 1 aliphatic carbocycles. The molecule has 0 fully saturated rings. The van der Waals surface area contributed by atoms with Gasteiger partial charge in [0, 0.05) is 5.69 Å². The Hall–Kier alpha value is -2.82. The Kier molecular flexibility index (Phi) is 6.69. The van der Waals surface area contributed by atoms with Gasteiger partial charge in [-0.25, -0.2) is 4.79 Å². The smallest absolute Gasteiger partial charge is 0.338 e. The Labute approximate surface area is 166 Å². The maximum atomic E-state index is 12.7. The summed E-state index contributed by atoms with van der Waals surface area (Å²) >= 11 is 0. The molecule has 0 saturated heterocycles. The number of anilines is 1. The van der Waals surface area contributed by atoms with Gasteiger partial charge in [0.15, 0.2) is 6.10 Å². The normalized spacial score (nSPS) is 13.9. The highest BCUT2D eigenvalue weighted by molar-refractivity contribution is 5.96. The number of carbonyl (C=O) groups excluding carboxylic acids is 2. The van der Waals surface area contributed by atoms with E-state index in [0.29, 0.717) is 24.3 Å². The van der Waals surface area contributed by atoms with Crippen molar-refractivity contribution in [1.82, 2.24) is 0 Å². The van der Waals surface area contributed by atoms with Gasteiger partial charge in [-0.1, -0.05) is 19.1 Å². The molecule has 0 heterocycles. The number of nitrogens with one attached hydrogen (secondary N) is 1. The largest absolute Gasteiger partial charge is 0.481 e. The van der Waals surface area contributed by atoms with Crippen molar-refractivity contribution >= 4 is 17.6 Å². The maximum Gasteiger partial charge on any atom is 0.338 e. The summed E-state index contributed by atoms with van der Waals surface area (Å²) in [6.45, 7) is 3.98. The molecule has 3 rings (SSSR count). The number of hydrogen-bond acceptors (Lipinski definition) is 4. The fourth-order valence-electron chi connectivity index (χ4n) is 3.43. The molecular weight excluding hydrogens is 354 g/mol. The molecule has 1 atom stereocenters. The second-order valence-corrected chi connectivity index (χ2v) is 6.94. The molecule has 1 aliphatic rings. The van der Waals surface area contributed by atoms with Crippen molar-refractivity contribution in [3.05, 3.63) is 59.2 Å². The molecule has 2 aromatic carbocycles. The van der Waals surface area contributed by atoms with Gasteiger partial charge in [-0.05, 0) is 80.5 Å². The highest BCUT2D eigenvalue weighted by Crippen LogP contribution is 2.26. The number of fused-ring (bicyclic) bond motifs is 1. The van der Waals surface area contributed by atoms with Crippen molar-refractivity contribution in [3.63, 3.8) is 0 Å². The van der Waals surface area contributed by atoms with Crippen molar-refractivity contribution in [2.45, 2.75) is 52.1 Å². The molecule has 5 heteroatoms. The van der Waals surface area contributed by atoms with Gasteiger partial charge in [0.25, 0.3) is 5.91 Å². The zero-order chi connectivity index (χ0) is 19.9. The van der Waals surface area contributed by atoms with E-state index in [1.807, 2.05) is 13.0 Å². The number of hydrogen-bond donors (Lipinski definition) is 1. The van der Waals surface area contributed by atoms with Crippen LogP contribution in [0.5, 0.6) is 5.75 Å². The zero-order valence-electron chi connectivity index (χ0n) is 16.5. The molecule has 0 aromatic heterocycles. The first-order valence-corrected chi connectivity index (χ1v) is 9.97. The summed E-state index contributed by atoms with van der Waals surface area (Å²) < 4.78 is 11.0. The van der Waals surface area contributed by atoms with E-state index in [4.69, 9.17) is 9.47 Å². The van der Waals surface area contributed by atoms with E-state index < -0.39 is 12.1 Å². The Bertz CT molecular complexity index is 846. The Morgan fingerprint density at radius 3 is 2.57 bits per heavy atom. The van der Waals surface area contributed by atoms with E-state index in [0.717, 1.165) is 18.6 Å². The summed E-state index contributed by atoms with van der Waals surface area (Å²) in [6, 6.07) is 12.8. The minimum Gasteiger partial charge on any atom is -0.481 e. The molecular formula is C23H27NO4. The van der Waals surface area contributed by atoms with Crippen molar-refractivity contribution < 1.29 is 19.1 Å². The minimum atomic E-state index is -0.604. The van der Waals surface area contributed by atoms with Gasteiger partial charge >= 0.3 is 5.97 Å². The number of rotatable bonds is 7. The number of carbonyl (C=O) groups is 2. The quantitative estimate of drug-likeness (QED) is 0.715. The number of esters is 1. The second-order valence-electron chi connectivity index (χ2n) is 6.94. The van der Waals surface area contributed by atoms with Gasteiger partial charge in [0.1, 0.15) is 5.75 Å². The first-order chi connectivity index (χ1) is 13.6. The molecule has 0 bridgehead atoms. The zero-order valence-corrected chi connectivity index (χ0v) is 16.5. The Balaban J connectivity index is 1.67. The van der Waals surface area contributed by atoms with Gasteiger partial charge in [0.05, 0.1) is 12.2 Å². The first kappa shape index (κ1) is 19.9. The molecule has 0 radical (unpaired) electrons. The average Bonchev–Trinajstić information content (AvgIpc) is 2.72. The summed E-state index contributed by atoms with van der Waals surface area (Å²) in [4.78, 5) is 24.6. The van der Waals surface area contributed by atoms with Crippen LogP contribution in [-0.4, -0.2) is 24.6 Å². The van der Waals surface area contributed by atoms with E-state index in [2.05, 4.69) is 17.4 Å². The fourth-order valence-corrected chi connectivity index (χ4v) is 3.43. The van der Waals surface area contributed by atoms with Crippen molar-refractivity contribution in [2.24, 2.45) is 0 Å². The number of ether oxygens (including phenoxy) is 2. The molecule has 0 aliphatic heterocycles. The van der Waals surface area contributed by atoms with Crippen LogP contribution < -0.4 is 10.1 Å². The predicted molar refractivity (Wildman–Crippen MR) is 109 cm³/mol. The van der Waals surface area contributed by atoms with E-state index in [9.17, 15) is 9.59 Å². The molecule has 0 spiro atoms. The molecule has 0 saturated carbocycles. The maximum absolute atomic E-state index is 12.7. The SMILES string of the molecule is CCOC(=O)c1cccc(NC(=O)C(CC)Oc2ccc3c(c2)CCCC3)c1. The first-order valence-electron chi connectivity index (χ1n) is 9.97. The third-order valence-electron chi connectivity index (χ3n) is 4.90. The van der Waals surface area contributed by atoms with E-state index in [1.54, 1.807) is 31.2 Å². The van der Waals surface area contributed by atoms with E-state index >= 15 is 0 Å². The number of aryl methyl sites for hydroxylation is 2. The third kappa shape index (κ3) is 4.91. The lowest BCUT2D eigenvalue weighted by molar-refractivity contribution is -0.122. The molecule has 5 nitrogen and oxygen atoms in total. The van der Waals surface area contributed by atoms with E-state index in [1.165, 1.54) is 24.0 Å². The monoisotopic (exact) mass is 381 g/mol. The number of benzene rings is 2. The van der Waals surface area contributed by atoms with Gasteiger partial charge in [-0.2, -0.15) is 0 Å². The minimum absolute atomic E-state index is 0.235. The van der Waals surface area contributed by atoms with Gasteiger partial charge < -0.3 is 14.8 Å². The van der Waals surface area contributed by atoms with Crippen LogP contribution >= 0.6 is 0 Å². The highest BCUT2D eigenvalue weighted by atomic mass is 16.5. The summed E-state index contributed by atoms with van der Waals surface area (Å²) in [6.07, 6.45) is 4.55. The van der Waals surface area contributed by atoms with Crippen molar-refractivity contribution in [1.29, 1.82) is 0 Å². The lowest BCUT2D eigenvalue weighted by atomic mass is 9.92. The van der Waals surface area contributed by atoms with Crippen LogP contribution in [0, 0.1) is 0 Å². The summed E-state index contributed by atoms with van der Waals surface area (Å²) in [7, 11) is 0. The third-order valence-corrected chi connectivity index (χ3v) is 4.90. The molecule has 1 amide bonds. The topological polar surface area (TPSA) is 64.6 Å². The fraction of sp³-hybridized carbons (Fsp3) is 0.391. The van der Waals surface area contributed by atoms with Crippen molar-refractivity contribution in [2.75, 3.05) is 11.9 Å². The van der Waals surface area contributed by atoms with Gasteiger partial charge in [-0.3, -0.25) is 4.79 Å². The van der Waals surface area contributed by atoms with E-state index in [-0.39, 0.29) is 5.91 Å². The van der Waals surface area contributed by atoms with Gasteiger partial charge in [-0.15, -0.1) is 0 Å². The van der Waals surface area contributed by atoms with Crippen LogP contribution in [0.25, 0.3) is 0 Å². The molecule has 1 N–H and O–H groups in total. The lowest BCUT2D eigenvalue weighted by Gasteiger charge is -2.20. The lowest BCUT2D eigenvalue weighted by Crippen LogP contribution is -2.32. The summed E-state index contributed by atoms with van der Waals surface area (Å²) in [5.41, 5.74) is 3.65. The summed E-state index contributed by atoms with van der Waals surface area (Å²) in [5.74, 6) is 0.0834. The molecule has 28 heavy (non-hydrogen) atoms. The van der Waals surface area contributed by atoms with Crippen LogP contribution in [0.2, 0.25) is 0 Å². The molecule has 148 valence electrons. The van der Waals surface area contributed by atoms with Crippen LogP contribution in [0.15, 0.2) is 42.5 Å². The van der Waals surface area contributed by atoms with Crippen LogP contribution in [-0.2, 0) is 22.4 Å². The average molecular weight is 381 g/mol. The van der Waals surface area contributed by atoms with Crippen molar-refractivity contribution in [3.8, 4) is 5.75 Å². The Morgan fingerprint density at radius 2 is 1.82 bits per heavy atom. The summed E-state index contributed by atoms with van der Waals surface area (Å²) in [5, 5.41) is 2.84. The predicted octanol–water partition coefficient (Wildman–Crippen LogP) is 4.54. The second kappa shape index (κ2) is 9.40. The molecule has 2 aromatic rings. The van der Waals surface area contributed by atoms with Crippen LogP contribution in [0.1, 0.15) is 54.6 Å². The number of amides is 1. The Morgan fingerprint density at radius 1 is 1.04 bits per heavy atom. The highest BCUT2D eigenvalue weighted by Gasteiger charge is 2.20. The van der Waals surface area contributed by atoms with Crippen LogP contribution in [0.3, 0.4) is 0 Å². The van der Waals surface area contributed by atoms with Crippen LogP contribution in [0.4, 0.5) is 5.69 Å².